The molecule has 0 fully saturated rings. The molecule has 1 unspecified atom stereocenters. The van der Waals surface area contributed by atoms with Crippen LogP contribution >= 0.6 is 0 Å². The third-order valence-electron chi connectivity index (χ3n) is 4.79. The zero-order chi connectivity index (χ0) is 23.0. The Labute approximate surface area is 180 Å². The topological polar surface area (TPSA) is 146 Å². The third-order valence-corrected chi connectivity index (χ3v) is 4.79. The van der Waals surface area contributed by atoms with Gasteiger partial charge in [-0.15, -0.1) is 10.2 Å². The van der Waals surface area contributed by atoms with E-state index in [1.54, 1.807) is 17.6 Å². The van der Waals surface area contributed by atoms with E-state index in [4.69, 9.17) is 10.3 Å². The molecule has 10 nitrogen and oxygen atoms in total. The van der Waals surface area contributed by atoms with Crippen molar-refractivity contribution in [2.24, 2.45) is 11.8 Å². The fourth-order valence-electron chi connectivity index (χ4n) is 3.20. The van der Waals surface area contributed by atoms with Crippen LogP contribution in [0, 0.1) is 11.8 Å². The molecule has 0 bridgehead atoms. The number of rotatable bonds is 11. The largest absolute Gasteiger partial charge is 0.478 e. The van der Waals surface area contributed by atoms with Crippen molar-refractivity contribution in [2.75, 3.05) is 0 Å². The number of nitrogens with zero attached hydrogens (tertiary/aromatic N) is 3. The van der Waals surface area contributed by atoms with Crippen molar-refractivity contribution in [3.05, 3.63) is 47.0 Å². The number of nitrogens with one attached hydrogen (secondary N) is 2. The van der Waals surface area contributed by atoms with Crippen molar-refractivity contribution in [3.8, 4) is 0 Å². The Balaban J connectivity index is 2.18. The van der Waals surface area contributed by atoms with Crippen molar-refractivity contribution in [1.82, 2.24) is 25.6 Å². The average molecular weight is 431 g/mol. The number of amides is 2. The monoisotopic (exact) mass is 431 g/mol. The number of carbonyl (C=O) groups excluding carboxylic acids is 2. The van der Waals surface area contributed by atoms with E-state index >= 15 is 0 Å². The van der Waals surface area contributed by atoms with Gasteiger partial charge in [-0.1, -0.05) is 32.9 Å². The first-order valence-electron chi connectivity index (χ1n) is 10.2. The van der Waals surface area contributed by atoms with E-state index in [-0.39, 0.29) is 18.0 Å². The van der Waals surface area contributed by atoms with Gasteiger partial charge >= 0.3 is 5.97 Å². The molecule has 1 heterocycles. The van der Waals surface area contributed by atoms with Crippen LogP contribution in [0.4, 0.5) is 0 Å². The lowest BCUT2D eigenvalue weighted by atomic mass is 9.95. The number of hydroxylamine groups is 1. The molecule has 0 aliphatic heterocycles. The van der Waals surface area contributed by atoms with Crippen molar-refractivity contribution >= 4 is 17.8 Å². The fourth-order valence-corrected chi connectivity index (χ4v) is 3.20. The van der Waals surface area contributed by atoms with Gasteiger partial charge in [0.05, 0.1) is 18.7 Å². The highest BCUT2D eigenvalue weighted by Gasteiger charge is 2.27. The molecule has 0 saturated carbocycles. The minimum atomic E-state index is -1.01. The lowest BCUT2D eigenvalue weighted by molar-refractivity contribution is -0.141. The standard InChI is InChI=1S/C21H29N5O5/c1-4-5-17-23-24-18(11-22-19(27)16(10-13(2)3)20(28)25-31)26(17)12-14-6-8-15(9-7-14)21(29)30/h6-9,13,16,31H,4-5,10-12H2,1-3H3,(H,22,27)(H,25,28)(H,29,30). The van der Waals surface area contributed by atoms with Gasteiger partial charge < -0.3 is 15.0 Å². The van der Waals surface area contributed by atoms with Gasteiger partial charge in [0.25, 0.3) is 5.91 Å². The van der Waals surface area contributed by atoms with Gasteiger partial charge in [0.1, 0.15) is 11.7 Å². The van der Waals surface area contributed by atoms with Crippen LogP contribution in [0.1, 0.15) is 61.2 Å². The molecule has 2 amide bonds. The normalized spacial score (nSPS) is 11.9. The third kappa shape index (κ3) is 6.61. The average Bonchev–Trinajstić information content (AvgIpc) is 3.11. The number of carboxylic acids is 1. The molecule has 0 radical (unpaired) electrons. The molecule has 0 saturated heterocycles. The summed E-state index contributed by atoms with van der Waals surface area (Å²) in [7, 11) is 0. The Hall–Kier alpha value is -3.27. The number of aromatic nitrogens is 3. The van der Waals surface area contributed by atoms with Gasteiger partial charge in [0.15, 0.2) is 5.82 Å². The predicted octanol–water partition coefficient (Wildman–Crippen LogP) is 1.76. The molecular formula is C21H29N5O5. The van der Waals surface area contributed by atoms with Crippen LogP contribution in [-0.2, 0) is 29.1 Å². The van der Waals surface area contributed by atoms with E-state index in [1.807, 2.05) is 25.3 Å². The van der Waals surface area contributed by atoms with Crippen LogP contribution in [0.2, 0.25) is 0 Å². The number of benzene rings is 1. The molecule has 168 valence electrons. The Morgan fingerprint density at radius 3 is 2.26 bits per heavy atom. The highest BCUT2D eigenvalue weighted by atomic mass is 16.5. The van der Waals surface area contributed by atoms with Crippen LogP contribution < -0.4 is 10.8 Å². The maximum atomic E-state index is 12.6. The van der Waals surface area contributed by atoms with Gasteiger partial charge in [-0.2, -0.15) is 0 Å². The maximum absolute atomic E-state index is 12.6. The molecule has 2 aromatic rings. The SMILES string of the molecule is CCCc1nnc(CNC(=O)C(CC(C)C)C(=O)NO)n1Cc1ccc(C(=O)O)cc1. The number of hydrogen-bond acceptors (Lipinski definition) is 6. The Morgan fingerprint density at radius 2 is 1.71 bits per heavy atom. The van der Waals surface area contributed by atoms with Crippen LogP contribution in [0.15, 0.2) is 24.3 Å². The Morgan fingerprint density at radius 1 is 1.06 bits per heavy atom. The first-order chi connectivity index (χ1) is 14.8. The molecule has 2 rings (SSSR count). The molecule has 1 aromatic heterocycles. The maximum Gasteiger partial charge on any atom is 0.335 e. The molecule has 4 N–H and O–H groups in total. The molecular weight excluding hydrogens is 402 g/mol. The van der Waals surface area contributed by atoms with Crippen LogP contribution in [0.3, 0.4) is 0 Å². The summed E-state index contributed by atoms with van der Waals surface area (Å²) in [6.07, 6.45) is 1.84. The quantitative estimate of drug-likeness (QED) is 0.241. The summed E-state index contributed by atoms with van der Waals surface area (Å²) in [4.78, 5) is 35.5. The highest BCUT2D eigenvalue weighted by Crippen LogP contribution is 2.14. The van der Waals surface area contributed by atoms with Gasteiger partial charge in [-0.05, 0) is 36.5 Å². The summed E-state index contributed by atoms with van der Waals surface area (Å²) in [6.45, 7) is 6.27. The van der Waals surface area contributed by atoms with Gasteiger partial charge in [-0.25, -0.2) is 10.3 Å². The van der Waals surface area contributed by atoms with Gasteiger partial charge in [0, 0.05) is 6.42 Å². The zero-order valence-corrected chi connectivity index (χ0v) is 18.0. The number of aromatic carboxylic acids is 1. The Bertz CT molecular complexity index is 907. The number of carbonyl (C=O) groups is 3. The Kier molecular flexibility index (Phi) is 8.68. The summed E-state index contributed by atoms with van der Waals surface area (Å²) in [5.74, 6) is -1.90. The summed E-state index contributed by atoms with van der Waals surface area (Å²) < 4.78 is 1.88. The lowest BCUT2D eigenvalue weighted by Crippen LogP contribution is -2.41. The molecule has 0 spiro atoms. The molecule has 0 aliphatic carbocycles. The molecule has 1 atom stereocenters. The van der Waals surface area contributed by atoms with Crippen molar-refractivity contribution < 1.29 is 24.7 Å². The summed E-state index contributed by atoms with van der Waals surface area (Å²) >= 11 is 0. The molecule has 0 aliphatic rings. The number of aryl methyl sites for hydroxylation is 1. The van der Waals surface area contributed by atoms with Gasteiger partial charge in [-0.3, -0.25) is 14.8 Å². The van der Waals surface area contributed by atoms with Crippen LogP contribution in [0.25, 0.3) is 0 Å². The van der Waals surface area contributed by atoms with Crippen molar-refractivity contribution in [1.29, 1.82) is 0 Å². The molecule has 1 aromatic carbocycles. The smallest absolute Gasteiger partial charge is 0.335 e. The summed E-state index contributed by atoms with van der Waals surface area (Å²) in [5, 5.41) is 29.1. The number of carboxylic acid groups (broad SMARTS) is 1. The minimum absolute atomic E-state index is 0.0655. The number of hydrogen-bond donors (Lipinski definition) is 4. The van der Waals surface area contributed by atoms with Gasteiger partial charge in [0.2, 0.25) is 5.91 Å². The first-order valence-corrected chi connectivity index (χ1v) is 10.2. The zero-order valence-electron chi connectivity index (χ0n) is 18.0. The van der Waals surface area contributed by atoms with E-state index in [1.165, 1.54) is 12.1 Å². The highest BCUT2D eigenvalue weighted by molar-refractivity contribution is 5.99. The predicted molar refractivity (Wildman–Crippen MR) is 111 cm³/mol. The van der Waals surface area contributed by atoms with E-state index in [2.05, 4.69) is 15.5 Å². The minimum Gasteiger partial charge on any atom is -0.478 e. The van der Waals surface area contributed by atoms with Crippen LogP contribution in [0.5, 0.6) is 0 Å². The van der Waals surface area contributed by atoms with Crippen molar-refractivity contribution in [3.63, 3.8) is 0 Å². The second-order valence-corrected chi connectivity index (χ2v) is 7.75. The first kappa shape index (κ1) is 24.0. The fraction of sp³-hybridized carbons (Fsp3) is 0.476. The molecule has 31 heavy (non-hydrogen) atoms. The summed E-state index contributed by atoms with van der Waals surface area (Å²) in [6, 6.07) is 6.53. The molecule has 10 heteroatoms. The summed E-state index contributed by atoms with van der Waals surface area (Å²) in [5.41, 5.74) is 2.62. The lowest BCUT2D eigenvalue weighted by Gasteiger charge is -2.17. The van der Waals surface area contributed by atoms with E-state index in [9.17, 15) is 14.4 Å². The van der Waals surface area contributed by atoms with E-state index in [0.29, 0.717) is 25.2 Å². The second kappa shape index (κ2) is 11.2. The van der Waals surface area contributed by atoms with E-state index < -0.39 is 23.7 Å². The van der Waals surface area contributed by atoms with Crippen LogP contribution in [-0.4, -0.2) is 42.9 Å². The van der Waals surface area contributed by atoms with E-state index in [0.717, 1.165) is 17.8 Å². The second-order valence-electron chi connectivity index (χ2n) is 7.75. The van der Waals surface area contributed by atoms with Crippen molar-refractivity contribution in [2.45, 2.75) is 53.1 Å².